The molecule has 2 aromatic rings. The molecule has 0 saturated carbocycles. The van der Waals surface area contributed by atoms with Crippen LogP contribution in [0.15, 0.2) is 30.3 Å². The molecule has 1 aromatic heterocycles. The van der Waals surface area contributed by atoms with E-state index >= 15 is 0 Å². The van der Waals surface area contributed by atoms with Crippen molar-refractivity contribution in [1.82, 2.24) is 14.7 Å². The first-order valence-electron chi connectivity index (χ1n) is 9.69. The zero-order valence-corrected chi connectivity index (χ0v) is 17.6. The van der Waals surface area contributed by atoms with Crippen LogP contribution in [-0.4, -0.2) is 52.2 Å². The number of primary amides is 1. The fraction of sp³-hybridized carbons (Fsp3) is 0.333. The molecule has 2 N–H and O–H groups in total. The highest BCUT2D eigenvalue weighted by atomic mass is 35.5. The summed E-state index contributed by atoms with van der Waals surface area (Å²) in [5.41, 5.74) is 6.92. The minimum absolute atomic E-state index is 0.224. The van der Waals surface area contributed by atoms with Crippen LogP contribution in [0.5, 0.6) is 0 Å². The Kier molecular flexibility index (Phi) is 7.06. The first kappa shape index (κ1) is 22.5. The number of aryl methyl sites for hydroxylation is 1. The van der Waals surface area contributed by atoms with Crippen molar-refractivity contribution >= 4 is 35.5 Å². The van der Waals surface area contributed by atoms with Gasteiger partial charge in [-0.1, -0.05) is 11.6 Å². The number of aromatic nitrogens is 2. The maximum absolute atomic E-state index is 13.1. The van der Waals surface area contributed by atoms with E-state index in [2.05, 4.69) is 5.10 Å². The summed E-state index contributed by atoms with van der Waals surface area (Å²) in [5.74, 6) is -1.99. The summed E-state index contributed by atoms with van der Waals surface area (Å²) in [6, 6.07) is 5.66. The number of nitrogens with zero attached hydrogens (tertiary/aromatic N) is 3. The fourth-order valence-electron chi connectivity index (χ4n) is 3.29. The van der Waals surface area contributed by atoms with Crippen LogP contribution < -0.4 is 5.73 Å². The molecule has 10 heteroatoms. The minimum atomic E-state index is -0.703. The maximum atomic E-state index is 13.1. The Morgan fingerprint density at radius 1 is 1.26 bits per heavy atom. The number of hydrogen-bond donors (Lipinski definition) is 1. The predicted molar refractivity (Wildman–Crippen MR) is 112 cm³/mol. The van der Waals surface area contributed by atoms with E-state index in [1.807, 2.05) is 0 Å². The molecule has 0 spiro atoms. The number of hydrogen-bond acceptors (Lipinski definition) is 5. The zero-order chi connectivity index (χ0) is 22.5. The van der Waals surface area contributed by atoms with E-state index in [1.54, 1.807) is 11.8 Å². The van der Waals surface area contributed by atoms with Crippen LogP contribution in [0.1, 0.15) is 24.1 Å². The van der Waals surface area contributed by atoms with Gasteiger partial charge in [0.2, 0.25) is 5.91 Å². The van der Waals surface area contributed by atoms with Gasteiger partial charge in [0.15, 0.2) is 6.61 Å². The molecule has 31 heavy (non-hydrogen) atoms. The molecule has 1 aliphatic heterocycles. The number of rotatable bonds is 6. The van der Waals surface area contributed by atoms with E-state index in [9.17, 15) is 18.8 Å². The molecule has 0 aliphatic carbocycles. The highest BCUT2D eigenvalue weighted by Gasteiger charge is 2.26. The van der Waals surface area contributed by atoms with Gasteiger partial charge >= 0.3 is 5.97 Å². The summed E-state index contributed by atoms with van der Waals surface area (Å²) in [4.78, 5) is 37.0. The van der Waals surface area contributed by atoms with Crippen LogP contribution in [0.25, 0.3) is 11.8 Å². The van der Waals surface area contributed by atoms with Crippen LogP contribution in [0, 0.1) is 18.7 Å². The van der Waals surface area contributed by atoms with Gasteiger partial charge in [0, 0.05) is 30.6 Å². The van der Waals surface area contributed by atoms with E-state index < -0.39 is 12.6 Å². The lowest BCUT2D eigenvalue weighted by Crippen LogP contribution is -2.43. The fourth-order valence-corrected chi connectivity index (χ4v) is 3.63. The smallest absolute Gasteiger partial charge is 0.331 e. The second-order valence-electron chi connectivity index (χ2n) is 7.18. The molecule has 1 aromatic carbocycles. The number of carbonyl (C=O) groups is 3. The third-order valence-corrected chi connectivity index (χ3v) is 5.46. The van der Waals surface area contributed by atoms with Gasteiger partial charge in [-0.15, -0.1) is 0 Å². The van der Waals surface area contributed by atoms with Gasteiger partial charge in [0.05, 0.1) is 11.4 Å². The van der Waals surface area contributed by atoms with Gasteiger partial charge in [-0.3, -0.25) is 9.59 Å². The number of carbonyl (C=O) groups excluding carboxylic acids is 3. The predicted octanol–water partition coefficient (Wildman–Crippen LogP) is 2.25. The largest absolute Gasteiger partial charge is 0.452 e. The van der Waals surface area contributed by atoms with Crippen molar-refractivity contribution in [3.05, 3.63) is 52.6 Å². The van der Waals surface area contributed by atoms with Crippen LogP contribution >= 0.6 is 11.6 Å². The molecule has 2 amide bonds. The average Bonchev–Trinajstić information content (AvgIpc) is 3.04. The van der Waals surface area contributed by atoms with Crippen molar-refractivity contribution in [2.45, 2.75) is 19.8 Å². The highest BCUT2D eigenvalue weighted by molar-refractivity contribution is 6.31. The molecular weight excluding hydrogens is 427 g/mol. The monoisotopic (exact) mass is 448 g/mol. The third-order valence-electron chi connectivity index (χ3n) is 5.09. The number of ether oxygens (including phenoxy) is 1. The number of piperidine rings is 1. The van der Waals surface area contributed by atoms with E-state index in [-0.39, 0.29) is 28.7 Å². The van der Waals surface area contributed by atoms with Gasteiger partial charge in [0.1, 0.15) is 11.0 Å². The number of halogens is 2. The lowest BCUT2D eigenvalue weighted by Gasteiger charge is -2.30. The summed E-state index contributed by atoms with van der Waals surface area (Å²) in [6.07, 6.45) is 3.63. The van der Waals surface area contributed by atoms with Gasteiger partial charge in [-0.2, -0.15) is 5.10 Å². The standard InChI is InChI=1S/C21H22ClFN4O4/c1-13-17(20(22)27(25-13)16-4-2-15(23)3-5-16)6-7-19(29)31-12-18(28)26-10-8-14(9-11-26)21(24)30/h2-7,14H,8-12H2,1H3,(H2,24,30)/b7-6-. The van der Waals surface area contributed by atoms with Gasteiger partial charge in [0.25, 0.3) is 5.91 Å². The number of esters is 1. The Morgan fingerprint density at radius 2 is 1.90 bits per heavy atom. The highest BCUT2D eigenvalue weighted by Crippen LogP contribution is 2.25. The molecule has 0 radical (unpaired) electrons. The Hall–Kier alpha value is -3.20. The summed E-state index contributed by atoms with van der Waals surface area (Å²) in [6.45, 7) is 2.12. The lowest BCUT2D eigenvalue weighted by atomic mass is 9.96. The van der Waals surface area contributed by atoms with Crippen molar-refractivity contribution in [1.29, 1.82) is 0 Å². The Bertz CT molecular complexity index is 1010. The van der Waals surface area contributed by atoms with Crippen molar-refractivity contribution < 1.29 is 23.5 Å². The van der Waals surface area contributed by atoms with Gasteiger partial charge < -0.3 is 15.4 Å². The SMILES string of the molecule is Cc1nn(-c2ccc(F)cc2)c(Cl)c1/C=C\C(=O)OCC(=O)N1CCC(C(N)=O)CC1. The summed E-state index contributed by atoms with van der Waals surface area (Å²) >= 11 is 6.36. The zero-order valence-electron chi connectivity index (χ0n) is 16.9. The first-order valence-corrected chi connectivity index (χ1v) is 10.1. The van der Waals surface area contributed by atoms with Crippen LogP contribution in [0.4, 0.5) is 4.39 Å². The van der Waals surface area contributed by atoms with E-state index in [1.165, 1.54) is 35.0 Å². The summed E-state index contributed by atoms with van der Waals surface area (Å²) in [7, 11) is 0. The van der Waals surface area contributed by atoms with Crippen LogP contribution in [-0.2, 0) is 19.1 Å². The molecule has 0 atom stereocenters. The first-order chi connectivity index (χ1) is 14.8. The number of amides is 2. The number of likely N-dealkylation sites (tertiary alicyclic amines) is 1. The van der Waals surface area contributed by atoms with Crippen LogP contribution in [0.2, 0.25) is 5.15 Å². The Balaban J connectivity index is 1.56. The molecule has 8 nitrogen and oxygen atoms in total. The maximum Gasteiger partial charge on any atom is 0.331 e. The second-order valence-corrected chi connectivity index (χ2v) is 7.53. The summed E-state index contributed by atoms with van der Waals surface area (Å²) in [5, 5.41) is 4.56. The van der Waals surface area contributed by atoms with Gasteiger partial charge in [-0.25, -0.2) is 13.9 Å². The summed E-state index contributed by atoms with van der Waals surface area (Å²) < 4.78 is 19.6. The van der Waals surface area contributed by atoms with Crippen molar-refractivity contribution in [3.63, 3.8) is 0 Å². The molecule has 1 saturated heterocycles. The molecule has 3 rings (SSSR count). The second kappa shape index (κ2) is 9.74. The molecule has 1 fully saturated rings. The van der Waals surface area contributed by atoms with Crippen LogP contribution in [0.3, 0.4) is 0 Å². The molecular formula is C21H22ClFN4O4. The molecule has 1 aliphatic rings. The van der Waals surface area contributed by atoms with E-state index in [4.69, 9.17) is 22.1 Å². The molecule has 0 unspecified atom stereocenters. The normalized spacial score (nSPS) is 14.7. The van der Waals surface area contributed by atoms with Crippen molar-refractivity contribution in [2.75, 3.05) is 19.7 Å². The van der Waals surface area contributed by atoms with Gasteiger partial charge in [-0.05, 0) is 50.1 Å². The van der Waals surface area contributed by atoms with Crippen molar-refractivity contribution in [2.24, 2.45) is 11.7 Å². The topological polar surface area (TPSA) is 108 Å². The van der Waals surface area contributed by atoms with Crippen molar-refractivity contribution in [3.8, 4) is 5.69 Å². The van der Waals surface area contributed by atoms with E-state index in [0.717, 1.165) is 6.08 Å². The molecule has 164 valence electrons. The Labute approximate surface area is 183 Å². The quantitative estimate of drug-likeness (QED) is 0.538. The number of benzene rings is 1. The third kappa shape index (κ3) is 5.49. The van der Waals surface area contributed by atoms with E-state index in [0.29, 0.717) is 42.9 Å². The lowest BCUT2D eigenvalue weighted by molar-refractivity contribution is -0.149. The molecule has 0 bridgehead atoms. The average molecular weight is 449 g/mol. The number of nitrogens with two attached hydrogens (primary N) is 1. The Morgan fingerprint density at radius 3 is 2.52 bits per heavy atom. The molecule has 2 heterocycles. The minimum Gasteiger partial charge on any atom is -0.452 e.